The van der Waals surface area contributed by atoms with Crippen molar-refractivity contribution in [1.82, 2.24) is 5.32 Å². The van der Waals surface area contributed by atoms with Crippen LogP contribution in [0.15, 0.2) is 18.2 Å². The fraction of sp³-hybridized carbons (Fsp3) is 0.600. The first-order valence-corrected chi connectivity index (χ1v) is 7.00. The summed E-state index contributed by atoms with van der Waals surface area (Å²) in [5.41, 5.74) is 1.89. The summed E-state index contributed by atoms with van der Waals surface area (Å²) in [5, 5.41) is 3.38. The van der Waals surface area contributed by atoms with Gasteiger partial charge in [0.15, 0.2) is 0 Å². The quantitative estimate of drug-likeness (QED) is 0.880. The minimum absolute atomic E-state index is 0.0841. The van der Waals surface area contributed by atoms with Crippen molar-refractivity contribution in [2.45, 2.75) is 39.2 Å². The van der Waals surface area contributed by atoms with Crippen LogP contribution in [-0.2, 0) is 0 Å². The van der Waals surface area contributed by atoms with Gasteiger partial charge in [0.05, 0.1) is 5.69 Å². The molecule has 1 aromatic carbocycles. The number of nitrogens with zero attached hydrogens (tertiary/aromatic N) is 1. The lowest BCUT2D eigenvalue weighted by atomic mass is 10.0. The second-order valence-electron chi connectivity index (χ2n) is 5.00. The predicted molar refractivity (Wildman–Crippen MR) is 74.6 cm³/mol. The van der Waals surface area contributed by atoms with E-state index in [-0.39, 0.29) is 11.9 Å². The van der Waals surface area contributed by atoms with E-state index in [9.17, 15) is 4.39 Å². The van der Waals surface area contributed by atoms with E-state index < -0.39 is 0 Å². The third-order valence-corrected chi connectivity index (χ3v) is 3.67. The summed E-state index contributed by atoms with van der Waals surface area (Å²) in [5.74, 6) is -0.0841. The number of hydrogen-bond acceptors (Lipinski definition) is 2. The molecule has 2 nitrogen and oxygen atoms in total. The van der Waals surface area contributed by atoms with Gasteiger partial charge in [-0.25, -0.2) is 4.39 Å². The van der Waals surface area contributed by atoms with Crippen molar-refractivity contribution < 1.29 is 4.39 Å². The second kappa shape index (κ2) is 6.19. The fourth-order valence-corrected chi connectivity index (χ4v) is 2.75. The van der Waals surface area contributed by atoms with Crippen molar-refractivity contribution in [1.29, 1.82) is 0 Å². The van der Waals surface area contributed by atoms with Gasteiger partial charge in [0, 0.05) is 19.1 Å². The molecule has 3 heteroatoms. The zero-order valence-electron chi connectivity index (χ0n) is 11.4. The van der Waals surface area contributed by atoms with Crippen LogP contribution in [0.5, 0.6) is 0 Å². The highest BCUT2D eigenvalue weighted by Crippen LogP contribution is 2.31. The average Bonchev–Trinajstić information content (AvgIpc) is 2.39. The Morgan fingerprint density at radius 1 is 1.28 bits per heavy atom. The largest absolute Gasteiger partial charge is 0.369 e. The maximum atomic E-state index is 14.2. The highest BCUT2D eigenvalue weighted by Gasteiger charge is 2.20. The molecular weight excluding hydrogens is 227 g/mol. The van der Waals surface area contributed by atoms with Gasteiger partial charge in [0.1, 0.15) is 5.82 Å². The number of benzene rings is 1. The second-order valence-corrected chi connectivity index (χ2v) is 5.00. The summed E-state index contributed by atoms with van der Waals surface area (Å²) in [6.45, 7) is 7.04. The predicted octanol–water partition coefficient (Wildman–Crippen LogP) is 3.49. The van der Waals surface area contributed by atoms with Crippen LogP contribution < -0.4 is 10.2 Å². The van der Waals surface area contributed by atoms with Crippen LogP contribution in [0, 0.1) is 5.82 Å². The van der Waals surface area contributed by atoms with Crippen molar-refractivity contribution in [2.75, 3.05) is 24.5 Å². The van der Waals surface area contributed by atoms with E-state index in [1.54, 1.807) is 6.07 Å². The fourth-order valence-electron chi connectivity index (χ4n) is 2.75. The molecular formula is C15H23FN2. The molecule has 0 aromatic heterocycles. The zero-order valence-corrected chi connectivity index (χ0v) is 11.4. The van der Waals surface area contributed by atoms with E-state index in [2.05, 4.69) is 24.1 Å². The van der Waals surface area contributed by atoms with E-state index >= 15 is 0 Å². The van der Waals surface area contributed by atoms with Gasteiger partial charge in [-0.05, 0) is 44.4 Å². The molecule has 2 rings (SSSR count). The molecule has 1 heterocycles. The number of halogens is 1. The first-order chi connectivity index (χ1) is 8.74. The zero-order chi connectivity index (χ0) is 13.0. The van der Waals surface area contributed by atoms with Gasteiger partial charge in [-0.3, -0.25) is 0 Å². The smallest absolute Gasteiger partial charge is 0.146 e. The summed E-state index contributed by atoms with van der Waals surface area (Å²) in [6, 6.07) is 5.63. The standard InChI is InChI=1S/C15H23FN2/c1-3-17-12(2)13-8-7-9-14(16)15(13)18-10-5-4-6-11-18/h7-9,12,17H,3-6,10-11H2,1-2H3. The number of piperidine rings is 1. The molecule has 1 fully saturated rings. The van der Waals surface area contributed by atoms with E-state index in [4.69, 9.17) is 0 Å². The van der Waals surface area contributed by atoms with Gasteiger partial charge >= 0.3 is 0 Å². The average molecular weight is 250 g/mol. The lowest BCUT2D eigenvalue weighted by Crippen LogP contribution is -2.32. The highest BCUT2D eigenvalue weighted by molar-refractivity contribution is 5.56. The topological polar surface area (TPSA) is 15.3 Å². The molecule has 0 bridgehead atoms. The number of nitrogens with one attached hydrogen (secondary N) is 1. The molecule has 18 heavy (non-hydrogen) atoms. The molecule has 1 unspecified atom stereocenters. The minimum Gasteiger partial charge on any atom is -0.369 e. The summed E-state index contributed by atoms with van der Waals surface area (Å²) in [4.78, 5) is 2.21. The summed E-state index contributed by atoms with van der Waals surface area (Å²) in [6.07, 6.45) is 3.61. The summed E-state index contributed by atoms with van der Waals surface area (Å²) in [7, 11) is 0. The van der Waals surface area contributed by atoms with Crippen molar-refractivity contribution in [3.8, 4) is 0 Å². The molecule has 1 N–H and O–H groups in total. The monoisotopic (exact) mass is 250 g/mol. The molecule has 1 aromatic rings. The van der Waals surface area contributed by atoms with Gasteiger partial charge in [-0.2, -0.15) is 0 Å². The molecule has 1 aliphatic heterocycles. The molecule has 0 radical (unpaired) electrons. The Kier molecular flexibility index (Phi) is 4.59. The number of rotatable bonds is 4. The van der Waals surface area contributed by atoms with Gasteiger partial charge in [0.25, 0.3) is 0 Å². The lowest BCUT2D eigenvalue weighted by molar-refractivity contribution is 0.541. The molecule has 1 aliphatic rings. The Bertz CT molecular complexity index is 386. The Balaban J connectivity index is 2.30. The summed E-state index contributed by atoms with van der Waals surface area (Å²) < 4.78 is 14.2. The molecule has 1 atom stereocenters. The maximum Gasteiger partial charge on any atom is 0.146 e. The van der Waals surface area contributed by atoms with Gasteiger partial charge < -0.3 is 10.2 Å². The first-order valence-electron chi connectivity index (χ1n) is 7.00. The minimum atomic E-state index is -0.0841. The van der Waals surface area contributed by atoms with E-state index in [0.717, 1.165) is 30.9 Å². The Hall–Kier alpha value is -1.09. The van der Waals surface area contributed by atoms with Crippen molar-refractivity contribution in [2.24, 2.45) is 0 Å². The molecule has 0 spiro atoms. The van der Waals surface area contributed by atoms with Crippen molar-refractivity contribution in [3.05, 3.63) is 29.6 Å². The van der Waals surface area contributed by atoms with Crippen molar-refractivity contribution in [3.63, 3.8) is 0 Å². The third-order valence-electron chi connectivity index (χ3n) is 3.67. The SMILES string of the molecule is CCNC(C)c1cccc(F)c1N1CCCCC1. The highest BCUT2D eigenvalue weighted by atomic mass is 19.1. The molecule has 1 saturated heterocycles. The van der Waals surface area contributed by atoms with Gasteiger partial charge in [-0.15, -0.1) is 0 Å². The molecule has 0 saturated carbocycles. The van der Waals surface area contributed by atoms with Crippen LogP contribution in [0.2, 0.25) is 0 Å². The summed E-state index contributed by atoms with van der Waals surface area (Å²) >= 11 is 0. The van der Waals surface area contributed by atoms with Crippen LogP contribution >= 0.6 is 0 Å². The Labute approximate surface area is 109 Å². The molecule has 100 valence electrons. The van der Waals surface area contributed by atoms with Crippen LogP contribution in [0.4, 0.5) is 10.1 Å². The first kappa shape index (κ1) is 13.3. The van der Waals surface area contributed by atoms with E-state index in [1.807, 2.05) is 12.1 Å². The number of anilines is 1. The number of hydrogen-bond donors (Lipinski definition) is 1. The van der Waals surface area contributed by atoms with Crippen LogP contribution in [0.25, 0.3) is 0 Å². The van der Waals surface area contributed by atoms with Gasteiger partial charge in [-0.1, -0.05) is 19.1 Å². The maximum absolute atomic E-state index is 14.2. The van der Waals surface area contributed by atoms with Crippen LogP contribution in [0.1, 0.15) is 44.7 Å². The molecule has 0 amide bonds. The van der Waals surface area contributed by atoms with Crippen molar-refractivity contribution >= 4 is 5.69 Å². The third kappa shape index (κ3) is 2.83. The Morgan fingerprint density at radius 2 is 2.00 bits per heavy atom. The lowest BCUT2D eigenvalue weighted by Gasteiger charge is -2.32. The van der Waals surface area contributed by atoms with Crippen LogP contribution in [-0.4, -0.2) is 19.6 Å². The van der Waals surface area contributed by atoms with Crippen LogP contribution in [0.3, 0.4) is 0 Å². The van der Waals surface area contributed by atoms with E-state index in [0.29, 0.717) is 0 Å². The van der Waals surface area contributed by atoms with Gasteiger partial charge in [0.2, 0.25) is 0 Å². The normalized spacial score (nSPS) is 17.8. The molecule has 0 aliphatic carbocycles. The number of para-hydroxylation sites is 1. The van der Waals surface area contributed by atoms with E-state index in [1.165, 1.54) is 19.3 Å². The Morgan fingerprint density at radius 3 is 2.67 bits per heavy atom.